The third-order valence-corrected chi connectivity index (χ3v) is 4.29. The third-order valence-electron chi connectivity index (χ3n) is 4.29. The van der Waals surface area contributed by atoms with Crippen LogP contribution in [-0.2, 0) is 23.8 Å². The fraction of sp³-hybridized carbons (Fsp3) is 0.867. The Balaban J connectivity index is 0.00000264. The van der Waals surface area contributed by atoms with Crippen LogP contribution in [0.2, 0.25) is 0 Å². The van der Waals surface area contributed by atoms with Gasteiger partial charge in [-0.25, -0.2) is 0 Å². The molecule has 8 heteroatoms. The molecule has 2 rings (SSSR count). The van der Waals surface area contributed by atoms with E-state index in [9.17, 15) is 9.59 Å². The SMILES string of the molecule is COC(=O)C(CNC(=O)CC1COCCN1)C1CCOCC1.Cl. The zero-order chi connectivity index (χ0) is 15.8. The molecule has 7 nitrogen and oxygen atoms in total. The van der Waals surface area contributed by atoms with Crippen molar-refractivity contribution in [3.05, 3.63) is 0 Å². The number of hydrogen-bond acceptors (Lipinski definition) is 6. The number of halogens is 1. The van der Waals surface area contributed by atoms with Gasteiger partial charge < -0.3 is 24.8 Å². The second-order valence-corrected chi connectivity index (χ2v) is 5.81. The molecule has 134 valence electrons. The Bertz CT molecular complexity index is 371. The molecule has 0 saturated carbocycles. The van der Waals surface area contributed by atoms with Crippen LogP contribution in [0.1, 0.15) is 19.3 Å². The molecule has 0 aliphatic carbocycles. The first-order chi connectivity index (χ1) is 10.7. The van der Waals surface area contributed by atoms with Crippen LogP contribution in [0.5, 0.6) is 0 Å². The maximum atomic E-state index is 12.0. The van der Waals surface area contributed by atoms with Crippen LogP contribution in [0.3, 0.4) is 0 Å². The van der Waals surface area contributed by atoms with Crippen molar-refractivity contribution in [3.8, 4) is 0 Å². The highest BCUT2D eigenvalue weighted by Crippen LogP contribution is 2.24. The highest BCUT2D eigenvalue weighted by atomic mass is 35.5. The van der Waals surface area contributed by atoms with Gasteiger partial charge in [0.25, 0.3) is 0 Å². The molecule has 0 aromatic rings. The molecule has 2 saturated heterocycles. The van der Waals surface area contributed by atoms with E-state index in [1.165, 1.54) is 7.11 Å². The summed E-state index contributed by atoms with van der Waals surface area (Å²) >= 11 is 0. The average molecular weight is 351 g/mol. The molecular weight excluding hydrogens is 324 g/mol. The molecule has 0 radical (unpaired) electrons. The topological polar surface area (TPSA) is 85.9 Å². The number of esters is 1. The third kappa shape index (κ3) is 6.63. The molecular formula is C15H27ClN2O5. The lowest BCUT2D eigenvalue weighted by Gasteiger charge is -2.29. The van der Waals surface area contributed by atoms with Gasteiger partial charge in [0.05, 0.1) is 26.2 Å². The maximum absolute atomic E-state index is 12.0. The maximum Gasteiger partial charge on any atom is 0.310 e. The van der Waals surface area contributed by atoms with Crippen LogP contribution in [0.15, 0.2) is 0 Å². The van der Waals surface area contributed by atoms with Crippen molar-refractivity contribution < 1.29 is 23.8 Å². The summed E-state index contributed by atoms with van der Waals surface area (Å²) in [6.07, 6.45) is 2.02. The number of carbonyl (C=O) groups is 2. The zero-order valence-corrected chi connectivity index (χ0v) is 14.4. The minimum atomic E-state index is -0.298. The summed E-state index contributed by atoms with van der Waals surface area (Å²) in [5.41, 5.74) is 0. The van der Waals surface area contributed by atoms with Gasteiger partial charge in [0.1, 0.15) is 0 Å². The van der Waals surface area contributed by atoms with E-state index in [-0.39, 0.29) is 42.2 Å². The highest BCUT2D eigenvalue weighted by molar-refractivity contribution is 5.85. The van der Waals surface area contributed by atoms with E-state index in [2.05, 4.69) is 10.6 Å². The Kier molecular flexibility index (Phi) is 9.47. The van der Waals surface area contributed by atoms with Gasteiger partial charge in [-0.05, 0) is 18.8 Å². The van der Waals surface area contributed by atoms with Gasteiger partial charge in [-0.2, -0.15) is 0 Å². The van der Waals surface area contributed by atoms with Crippen molar-refractivity contribution in [3.63, 3.8) is 0 Å². The predicted octanol–water partition coefficient (Wildman–Crippen LogP) is 0.119. The molecule has 2 aliphatic rings. The van der Waals surface area contributed by atoms with Gasteiger partial charge in [0.15, 0.2) is 0 Å². The quantitative estimate of drug-likeness (QED) is 0.662. The normalized spacial score (nSPS) is 23.4. The van der Waals surface area contributed by atoms with Gasteiger partial charge in [-0.3, -0.25) is 9.59 Å². The average Bonchev–Trinajstić information content (AvgIpc) is 2.56. The van der Waals surface area contributed by atoms with Crippen LogP contribution >= 0.6 is 12.4 Å². The molecule has 2 unspecified atom stereocenters. The smallest absolute Gasteiger partial charge is 0.310 e. The van der Waals surface area contributed by atoms with Gasteiger partial charge in [-0.1, -0.05) is 0 Å². The molecule has 2 N–H and O–H groups in total. The molecule has 2 heterocycles. The molecule has 2 aliphatic heterocycles. The molecule has 2 atom stereocenters. The van der Waals surface area contributed by atoms with Crippen LogP contribution in [-0.4, -0.2) is 64.5 Å². The summed E-state index contributed by atoms with van der Waals surface area (Å²) in [5.74, 6) is -0.415. The zero-order valence-electron chi connectivity index (χ0n) is 13.5. The first-order valence-corrected chi connectivity index (χ1v) is 7.94. The summed E-state index contributed by atoms with van der Waals surface area (Å²) in [6.45, 7) is 3.65. The number of amides is 1. The highest BCUT2D eigenvalue weighted by Gasteiger charge is 2.31. The minimum Gasteiger partial charge on any atom is -0.469 e. The summed E-state index contributed by atoms with van der Waals surface area (Å²) in [4.78, 5) is 24.0. The Morgan fingerprint density at radius 3 is 2.61 bits per heavy atom. The lowest BCUT2D eigenvalue weighted by Crippen LogP contribution is -2.45. The van der Waals surface area contributed by atoms with E-state index in [0.29, 0.717) is 39.4 Å². The Hall–Kier alpha value is -0.890. The fourth-order valence-electron chi connectivity index (χ4n) is 2.98. The standard InChI is InChI=1S/C15H26N2O5.ClH/c1-20-15(19)13(11-2-5-21-6-3-11)9-17-14(18)8-12-10-22-7-4-16-12;/h11-13,16H,2-10H2,1H3,(H,17,18);1H. The number of rotatable bonds is 6. The van der Waals surface area contributed by atoms with E-state index < -0.39 is 0 Å². The second kappa shape index (κ2) is 10.8. The van der Waals surface area contributed by atoms with Crippen molar-refractivity contribution in [2.24, 2.45) is 11.8 Å². The number of carbonyl (C=O) groups excluding carboxylic acids is 2. The first-order valence-electron chi connectivity index (χ1n) is 7.94. The molecule has 1 amide bonds. The van der Waals surface area contributed by atoms with Gasteiger partial charge in [-0.15, -0.1) is 12.4 Å². The number of hydrogen-bond donors (Lipinski definition) is 2. The molecule has 0 aromatic heterocycles. The van der Waals surface area contributed by atoms with Crippen LogP contribution in [0, 0.1) is 11.8 Å². The van der Waals surface area contributed by atoms with Crippen molar-refractivity contribution in [1.82, 2.24) is 10.6 Å². The second-order valence-electron chi connectivity index (χ2n) is 5.81. The Morgan fingerprint density at radius 2 is 2.00 bits per heavy atom. The number of nitrogens with one attached hydrogen (secondary N) is 2. The first kappa shape index (κ1) is 20.2. The molecule has 0 aromatic carbocycles. The van der Waals surface area contributed by atoms with E-state index in [1.807, 2.05) is 0 Å². The van der Waals surface area contributed by atoms with Gasteiger partial charge >= 0.3 is 5.97 Å². The largest absolute Gasteiger partial charge is 0.469 e. The lowest BCUT2D eigenvalue weighted by atomic mass is 9.86. The predicted molar refractivity (Wildman–Crippen MR) is 86.5 cm³/mol. The van der Waals surface area contributed by atoms with Crippen LogP contribution in [0.4, 0.5) is 0 Å². The van der Waals surface area contributed by atoms with E-state index in [1.54, 1.807) is 0 Å². The number of ether oxygens (including phenoxy) is 3. The van der Waals surface area contributed by atoms with Crippen LogP contribution in [0.25, 0.3) is 0 Å². The fourth-order valence-corrected chi connectivity index (χ4v) is 2.98. The molecule has 0 bridgehead atoms. The van der Waals surface area contributed by atoms with Crippen molar-refractivity contribution >= 4 is 24.3 Å². The van der Waals surface area contributed by atoms with Crippen molar-refractivity contribution in [1.29, 1.82) is 0 Å². The molecule has 0 spiro atoms. The van der Waals surface area contributed by atoms with E-state index in [0.717, 1.165) is 19.4 Å². The van der Waals surface area contributed by atoms with Crippen molar-refractivity contribution in [2.45, 2.75) is 25.3 Å². The van der Waals surface area contributed by atoms with E-state index >= 15 is 0 Å². The number of morpholine rings is 1. The summed E-state index contributed by atoms with van der Waals surface area (Å²) in [5, 5.41) is 6.11. The summed E-state index contributed by atoms with van der Waals surface area (Å²) < 4.78 is 15.5. The summed E-state index contributed by atoms with van der Waals surface area (Å²) in [7, 11) is 1.39. The van der Waals surface area contributed by atoms with Gasteiger partial charge in [0.2, 0.25) is 5.91 Å². The van der Waals surface area contributed by atoms with Gasteiger partial charge in [0, 0.05) is 38.8 Å². The Morgan fingerprint density at radius 1 is 1.26 bits per heavy atom. The Labute approximate surface area is 143 Å². The monoisotopic (exact) mass is 350 g/mol. The minimum absolute atomic E-state index is 0. The van der Waals surface area contributed by atoms with Crippen molar-refractivity contribution in [2.75, 3.05) is 46.6 Å². The van der Waals surface area contributed by atoms with E-state index in [4.69, 9.17) is 14.2 Å². The van der Waals surface area contributed by atoms with Crippen LogP contribution < -0.4 is 10.6 Å². The number of methoxy groups -OCH3 is 1. The molecule has 2 fully saturated rings. The lowest BCUT2D eigenvalue weighted by molar-refractivity contribution is -0.148. The molecule has 23 heavy (non-hydrogen) atoms. The summed E-state index contributed by atoms with van der Waals surface area (Å²) in [6, 6.07) is 0.0495.